The minimum absolute atomic E-state index is 0.155. The Kier molecular flexibility index (Phi) is 6.11. The van der Waals surface area contributed by atoms with E-state index in [1.54, 1.807) is 0 Å². The zero-order chi connectivity index (χ0) is 13.6. The first kappa shape index (κ1) is 15.5. The van der Waals surface area contributed by atoms with Gasteiger partial charge in [-0.3, -0.25) is 0 Å². The van der Waals surface area contributed by atoms with Crippen molar-refractivity contribution in [3.63, 3.8) is 0 Å². The SMILES string of the molecule is CNCc1ccc(OCCCS(C)(=O)=O)c(Br)c1. The normalized spacial score (nSPS) is 11.5. The highest BCUT2D eigenvalue weighted by molar-refractivity contribution is 9.10. The van der Waals surface area contributed by atoms with Gasteiger partial charge < -0.3 is 10.1 Å². The van der Waals surface area contributed by atoms with E-state index in [1.807, 2.05) is 25.2 Å². The number of nitrogens with one attached hydrogen (secondary N) is 1. The van der Waals surface area contributed by atoms with Crippen molar-refractivity contribution in [2.75, 3.05) is 25.7 Å². The second-order valence-corrected chi connectivity index (χ2v) is 7.24. The van der Waals surface area contributed by atoms with Crippen LogP contribution in [0.1, 0.15) is 12.0 Å². The lowest BCUT2D eigenvalue weighted by atomic mass is 10.2. The summed E-state index contributed by atoms with van der Waals surface area (Å²) in [7, 11) is -1.01. The van der Waals surface area contributed by atoms with Gasteiger partial charge >= 0.3 is 0 Å². The Morgan fingerprint density at radius 1 is 1.39 bits per heavy atom. The fourth-order valence-electron chi connectivity index (χ4n) is 1.48. The Hall–Kier alpha value is -0.590. The fraction of sp³-hybridized carbons (Fsp3) is 0.500. The maximum Gasteiger partial charge on any atom is 0.147 e. The third kappa shape index (κ3) is 5.84. The molecule has 0 amide bonds. The maximum absolute atomic E-state index is 11.0. The predicted molar refractivity (Wildman–Crippen MR) is 76.7 cm³/mol. The number of benzene rings is 1. The molecule has 0 atom stereocenters. The number of halogens is 1. The highest BCUT2D eigenvalue weighted by Crippen LogP contribution is 2.26. The minimum Gasteiger partial charge on any atom is -0.492 e. The maximum atomic E-state index is 11.0. The fourth-order valence-corrected chi connectivity index (χ4v) is 2.66. The van der Waals surface area contributed by atoms with E-state index in [1.165, 1.54) is 6.26 Å². The molecule has 1 aromatic rings. The number of sulfone groups is 1. The van der Waals surface area contributed by atoms with E-state index in [0.29, 0.717) is 13.0 Å². The molecule has 102 valence electrons. The third-order valence-corrected chi connectivity index (χ3v) is 3.94. The average Bonchev–Trinajstić information content (AvgIpc) is 2.26. The summed E-state index contributed by atoms with van der Waals surface area (Å²) in [6, 6.07) is 5.85. The van der Waals surface area contributed by atoms with Crippen molar-refractivity contribution in [2.24, 2.45) is 0 Å². The molecule has 0 saturated carbocycles. The van der Waals surface area contributed by atoms with Crippen molar-refractivity contribution in [3.8, 4) is 5.75 Å². The molecule has 0 spiro atoms. The highest BCUT2D eigenvalue weighted by atomic mass is 79.9. The molecule has 4 nitrogen and oxygen atoms in total. The Morgan fingerprint density at radius 2 is 2.11 bits per heavy atom. The van der Waals surface area contributed by atoms with Crippen LogP contribution in [0.15, 0.2) is 22.7 Å². The first-order chi connectivity index (χ1) is 8.42. The number of hydrogen-bond donors (Lipinski definition) is 1. The number of hydrogen-bond acceptors (Lipinski definition) is 4. The van der Waals surface area contributed by atoms with Gasteiger partial charge in [-0.05, 0) is 47.1 Å². The lowest BCUT2D eigenvalue weighted by Crippen LogP contribution is -2.08. The van der Waals surface area contributed by atoms with Gasteiger partial charge in [-0.15, -0.1) is 0 Å². The Labute approximate surface area is 117 Å². The van der Waals surface area contributed by atoms with Crippen molar-refractivity contribution in [2.45, 2.75) is 13.0 Å². The van der Waals surface area contributed by atoms with Gasteiger partial charge in [-0.2, -0.15) is 0 Å². The van der Waals surface area contributed by atoms with Crippen LogP contribution in [-0.2, 0) is 16.4 Å². The lowest BCUT2D eigenvalue weighted by molar-refractivity contribution is 0.315. The molecule has 0 unspecified atom stereocenters. The molecule has 0 aliphatic carbocycles. The molecule has 0 heterocycles. The quantitative estimate of drug-likeness (QED) is 0.774. The largest absolute Gasteiger partial charge is 0.492 e. The monoisotopic (exact) mass is 335 g/mol. The summed E-state index contributed by atoms with van der Waals surface area (Å²) in [5, 5.41) is 3.07. The average molecular weight is 336 g/mol. The number of ether oxygens (including phenoxy) is 1. The van der Waals surface area contributed by atoms with Crippen LogP contribution in [0.4, 0.5) is 0 Å². The van der Waals surface area contributed by atoms with Crippen molar-refractivity contribution < 1.29 is 13.2 Å². The topological polar surface area (TPSA) is 55.4 Å². The summed E-state index contributed by atoms with van der Waals surface area (Å²) in [5.41, 5.74) is 1.16. The van der Waals surface area contributed by atoms with E-state index in [2.05, 4.69) is 21.2 Å². The van der Waals surface area contributed by atoms with Gasteiger partial charge in [0.2, 0.25) is 0 Å². The molecule has 1 N–H and O–H groups in total. The van der Waals surface area contributed by atoms with Crippen LogP contribution < -0.4 is 10.1 Å². The Balaban J connectivity index is 2.48. The van der Waals surface area contributed by atoms with E-state index < -0.39 is 9.84 Å². The first-order valence-electron chi connectivity index (χ1n) is 5.66. The Morgan fingerprint density at radius 3 is 2.67 bits per heavy atom. The Bertz CT molecular complexity index is 488. The standard InChI is InChI=1S/C12H18BrNO3S/c1-14-9-10-4-5-12(11(13)8-10)17-6-3-7-18(2,15)16/h4-5,8,14H,3,6-7,9H2,1-2H3. The van der Waals surface area contributed by atoms with E-state index in [4.69, 9.17) is 4.74 Å². The van der Waals surface area contributed by atoms with Gasteiger partial charge in [0, 0.05) is 12.8 Å². The zero-order valence-corrected chi connectivity index (χ0v) is 13.0. The first-order valence-corrected chi connectivity index (χ1v) is 8.51. The van der Waals surface area contributed by atoms with Crippen LogP contribution in [0, 0.1) is 0 Å². The van der Waals surface area contributed by atoms with Gasteiger partial charge in [0.1, 0.15) is 15.6 Å². The summed E-state index contributed by atoms with van der Waals surface area (Å²) < 4.78 is 28.3. The predicted octanol–water partition coefficient (Wildman–Crippen LogP) is 1.98. The summed E-state index contributed by atoms with van der Waals surface area (Å²) in [6.45, 7) is 1.20. The molecular weight excluding hydrogens is 318 g/mol. The van der Waals surface area contributed by atoms with Gasteiger partial charge in [-0.25, -0.2) is 8.42 Å². The van der Waals surface area contributed by atoms with Crippen LogP contribution in [0.2, 0.25) is 0 Å². The van der Waals surface area contributed by atoms with E-state index in [0.717, 1.165) is 22.3 Å². The smallest absolute Gasteiger partial charge is 0.147 e. The van der Waals surface area contributed by atoms with Crippen LogP contribution in [-0.4, -0.2) is 34.1 Å². The van der Waals surface area contributed by atoms with Crippen molar-refractivity contribution in [3.05, 3.63) is 28.2 Å². The summed E-state index contributed by atoms with van der Waals surface area (Å²) >= 11 is 3.44. The lowest BCUT2D eigenvalue weighted by Gasteiger charge is -2.09. The molecule has 0 saturated heterocycles. The second kappa shape index (κ2) is 7.11. The molecule has 0 bridgehead atoms. The molecule has 0 fully saturated rings. The van der Waals surface area contributed by atoms with Crippen molar-refractivity contribution >= 4 is 25.8 Å². The third-order valence-electron chi connectivity index (χ3n) is 2.29. The molecule has 1 aromatic carbocycles. The zero-order valence-electron chi connectivity index (χ0n) is 10.6. The second-order valence-electron chi connectivity index (χ2n) is 4.13. The van der Waals surface area contributed by atoms with Crippen molar-refractivity contribution in [1.29, 1.82) is 0 Å². The van der Waals surface area contributed by atoms with Gasteiger partial charge in [-0.1, -0.05) is 6.07 Å². The van der Waals surface area contributed by atoms with Gasteiger partial charge in [0.25, 0.3) is 0 Å². The molecule has 0 aliphatic heterocycles. The summed E-state index contributed by atoms with van der Waals surface area (Å²) in [5.74, 6) is 0.894. The van der Waals surface area contributed by atoms with Crippen LogP contribution in [0.3, 0.4) is 0 Å². The minimum atomic E-state index is -2.90. The molecule has 6 heteroatoms. The van der Waals surface area contributed by atoms with Crippen LogP contribution in [0.25, 0.3) is 0 Å². The molecular formula is C12H18BrNO3S. The summed E-state index contributed by atoms with van der Waals surface area (Å²) in [4.78, 5) is 0. The van der Waals surface area contributed by atoms with Crippen LogP contribution in [0.5, 0.6) is 5.75 Å². The van der Waals surface area contributed by atoms with Crippen molar-refractivity contribution in [1.82, 2.24) is 5.32 Å². The molecule has 0 aromatic heterocycles. The van der Waals surface area contributed by atoms with E-state index >= 15 is 0 Å². The highest BCUT2D eigenvalue weighted by Gasteiger charge is 2.05. The number of rotatable bonds is 7. The molecule has 18 heavy (non-hydrogen) atoms. The van der Waals surface area contributed by atoms with E-state index in [9.17, 15) is 8.42 Å². The van der Waals surface area contributed by atoms with Crippen LogP contribution >= 0.6 is 15.9 Å². The van der Waals surface area contributed by atoms with E-state index in [-0.39, 0.29) is 5.75 Å². The summed E-state index contributed by atoms with van der Waals surface area (Å²) in [6.07, 6.45) is 1.74. The van der Waals surface area contributed by atoms with Gasteiger partial charge in [0.15, 0.2) is 0 Å². The van der Waals surface area contributed by atoms with Gasteiger partial charge in [0.05, 0.1) is 16.8 Å². The molecule has 0 radical (unpaired) electrons. The molecule has 1 rings (SSSR count). The molecule has 0 aliphatic rings.